The van der Waals surface area contributed by atoms with Gasteiger partial charge in [-0.2, -0.15) is 0 Å². The van der Waals surface area contributed by atoms with Gasteiger partial charge in [0.05, 0.1) is 0 Å². The summed E-state index contributed by atoms with van der Waals surface area (Å²) in [5, 5.41) is 4.37. The molecule has 3 heteroatoms. The Morgan fingerprint density at radius 3 is 2.43 bits per heavy atom. The summed E-state index contributed by atoms with van der Waals surface area (Å²) in [5.74, 6) is 0. The van der Waals surface area contributed by atoms with Gasteiger partial charge in [-0.15, -0.1) is 0 Å². The van der Waals surface area contributed by atoms with Crippen LogP contribution in [-0.2, 0) is 6.42 Å². The molecule has 0 radical (unpaired) electrons. The van der Waals surface area contributed by atoms with E-state index in [9.17, 15) is 0 Å². The molecule has 1 saturated heterocycles. The van der Waals surface area contributed by atoms with Crippen molar-refractivity contribution in [2.75, 3.05) is 20.1 Å². The molecule has 0 aliphatic carbocycles. The summed E-state index contributed by atoms with van der Waals surface area (Å²) >= 11 is 6.13. The molecule has 0 bridgehead atoms. The van der Waals surface area contributed by atoms with E-state index in [1.807, 2.05) is 12.1 Å². The molecule has 1 aliphatic heterocycles. The van der Waals surface area contributed by atoms with Gasteiger partial charge in [-0.05, 0) is 70.9 Å². The highest BCUT2D eigenvalue weighted by Crippen LogP contribution is 2.26. The zero-order valence-electron chi connectivity index (χ0n) is 13.7. The number of hydrogen-bond acceptors (Lipinski definition) is 2. The van der Waals surface area contributed by atoms with Crippen LogP contribution in [0.5, 0.6) is 0 Å². The Balaban J connectivity index is 2.10. The molecule has 0 saturated carbocycles. The maximum absolute atomic E-state index is 6.13. The molecule has 1 aromatic rings. The Labute approximate surface area is 134 Å². The SMILES string of the molecule is CNC(Cc1cccc(Cl)c1)C(C)(C)N1CCCCCC1. The molecular weight excluding hydrogens is 280 g/mol. The van der Waals surface area contributed by atoms with E-state index in [1.165, 1.54) is 44.3 Å². The topological polar surface area (TPSA) is 15.3 Å². The number of nitrogens with one attached hydrogen (secondary N) is 1. The quantitative estimate of drug-likeness (QED) is 0.880. The van der Waals surface area contributed by atoms with Crippen LogP contribution in [0, 0.1) is 0 Å². The zero-order chi connectivity index (χ0) is 15.3. The van der Waals surface area contributed by atoms with E-state index in [0.29, 0.717) is 6.04 Å². The average molecular weight is 309 g/mol. The van der Waals surface area contributed by atoms with Gasteiger partial charge in [0.25, 0.3) is 0 Å². The molecule has 1 aliphatic rings. The fraction of sp³-hybridized carbons (Fsp3) is 0.667. The molecule has 1 atom stereocenters. The van der Waals surface area contributed by atoms with Crippen LogP contribution < -0.4 is 5.32 Å². The van der Waals surface area contributed by atoms with Gasteiger partial charge < -0.3 is 5.32 Å². The van der Waals surface area contributed by atoms with Crippen LogP contribution in [0.25, 0.3) is 0 Å². The van der Waals surface area contributed by atoms with E-state index in [2.05, 4.69) is 43.2 Å². The summed E-state index contributed by atoms with van der Waals surface area (Å²) < 4.78 is 0. The summed E-state index contributed by atoms with van der Waals surface area (Å²) in [6, 6.07) is 8.68. The average Bonchev–Trinajstić information content (AvgIpc) is 2.74. The lowest BCUT2D eigenvalue weighted by atomic mass is 9.87. The van der Waals surface area contributed by atoms with Crippen LogP contribution in [0.3, 0.4) is 0 Å². The lowest BCUT2D eigenvalue weighted by molar-refractivity contribution is 0.0865. The molecule has 1 unspecified atom stereocenters. The van der Waals surface area contributed by atoms with E-state index in [-0.39, 0.29) is 5.54 Å². The van der Waals surface area contributed by atoms with Crippen LogP contribution >= 0.6 is 11.6 Å². The van der Waals surface area contributed by atoms with Crippen LogP contribution in [0.1, 0.15) is 45.1 Å². The normalized spacial score (nSPS) is 19.2. The number of nitrogens with zero attached hydrogens (tertiary/aromatic N) is 1. The predicted molar refractivity (Wildman–Crippen MR) is 92.1 cm³/mol. The predicted octanol–water partition coefficient (Wildman–Crippen LogP) is 4.13. The van der Waals surface area contributed by atoms with Crippen molar-refractivity contribution in [3.63, 3.8) is 0 Å². The van der Waals surface area contributed by atoms with Crippen molar-refractivity contribution in [1.29, 1.82) is 0 Å². The number of rotatable bonds is 5. The summed E-state index contributed by atoms with van der Waals surface area (Å²) in [6.45, 7) is 7.20. The fourth-order valence-corrected chi connectivity index (χ4v) is 3.68. The maximum Gasteiger partial charge on any atom is 0.0408 e. The minimum absolute atomic E-state index is 0.154. The standard InChI is InChI=1S/C18H29ClN2/c1-18(2,21-11-6-4-5-7-12-21)17(20-3)14-15-9-8-10-16(19)13-15/h8-10,13,17,20H,4-7,11-12,14H2,1-3H3. The van der Waals surface area contributed by atoms with Crippen molar-refractivity contribution < 1.29 is 0 Å². The Morgan fingerprint density at radius 1 is 1.19 bits per heavy atom. The highest BCUT2D eigenvalue weighted by molar-refractivity contribution is 6.30. The smallest absolute Gasteiger partial charge is 0.0408 e. The molecule has 0 spiro atoms. The first-order valence-corrected chi connectivity index (χ1v) is 8.58. The van der Waals surface area contributed by atoms with E-state index in [4.69, 9.17) is 11.6 Å². The molecule has 1 aromatic carbocycles. The summed E-state index contributed by atoms with van der Waals surface area (Å²) in [5.41, 5.74) is 1.46. The van der Waals surface area contributed by atoms with Gasteiger partial charge in [-0.3, -0.25) is 4.90 Å². The minimum Gasteiger partial charge on any atom is -0.315 e. The minimum atomic E-state index is 0.154. The molecule has 118 valence electrons. The molecular formula is C18H29ClN2. The fourth-order valence-electron chi connectivity index (χ4n) is 3.47. The maximum atomic E-state index is 6.13. The zero-order valence-corrected chi connectivity index (χ0v) is 14.4. The number of likely N-dealkylation sites (tertiary alicyclic amines) is 1. The molecule has 2 rings (SSSR count). The second kappa shape index (κ2) is 7.62. The van der Waals surface area contributed by atoms with Crippen LogP contribution in [0.15, 0.2) is 24.3 Å². The lowest BCUT2D eigenvalue weighted by Crippen LogP contribution is -2.58. The van der Waals surface area contributed by atoms with E-state index in [1.54, 1.807) is 0 Å². The Hall–Kier alpha value is -0.570. The van der Waals surface area contributed by atoms with Gasteiger partial charge >= 0.3 is 0 Å². The van der Waals surface area contributed by atoms with E-state index < -0.39 is 0 Å². The van der Waals surface area contributed by atoms with Crippen LogP contribution in [0.4, 0.5) is 0 Å². The van der Waals surface area contributed by atoms with E-state index in [0.717, 1.165) is 11.4 Å². The largest absolute Gasteiger partial charge is 0.315 e. The molecule has 2 nitrogen and oxygen atoms in total. The monoisotopic (exact) mass is 308 g/mol. The number of halogens is 1. The first-order valence-electron chi connectivity index (χ1n) is 8.21. The van der Waals surface area contributed by atoms with Crippen molar-refractivity contribution in [3.8, 4) is 0 Å². The molecule has 0 aromatic heterocycles. The third kappa shape index (κ3) is 4.45. The van der Waals surface area contributed by atoms with Crippen molar-refractivity contribution in [2.45, 2.75) is 57.5 Å². The number of likely N-dealkylation sites (N-methyl/N-ethyl adjacent to an activating group) is 1. The van der Waals surface area contributed by atoms with Crippen LogP contribution in [-0.4, -0.2) is 36.6 Å². The second-order valence-corrected chi connectivity index (χ2v) is 7.17. The van der Waals surface area contributed by atoms with E-state index >= 15 is 0 Å². The molecule has 1 fully saturated rings. The molecule has 1 heterocycles. The lowest BCUT2D eigenvalue weighted by Gasteiger charge is -2.44. The van der Waals surface area contributed by atoms with Crippen molar-refractivity contribution in [1.82, 2.24) is 10.2 Å². The summed E-state index contributed by atoms with van der Waals surface area (Å²) in [6.07, 6.45) is 6.44. The van der Waals surface area contributed by atoms with Gasteiger partial charge in [-0.25, -0.2) is 0 Å². The summed E-state index contributed by atoms with van der Waals surface area (Å²) in [7, 11) is 2.08. The number of hydrogen-bond donors (Lipinski definition) is 1. The Morgan fingerprint density at radius 2 is 1.86 bits per heavy atom. The third-order valence-corrected chi connectivity index (χ3v) is 5.19. The second-order valence-electron chi connectivity index (χ2n) is 6.73. The number of benzene rings is 1. The first-order chi connectivity index (χ1) is 10.0. The van der Waals surface area contributed by atoms with Crippen LogP contribution in [0.2, 0.25) is 5.02 Å². The van der Waals surface area contributed by atoms with Gasteiger partial charge in [0.1, 0.15) is 0 Å². The van der Waals surface area contributed by atoms with Gasteiger partial charge in [0.15, 0.2) is 0 Å². The van der Waals surface area contributed by atoms with Crippen molar-refractivity contribution >= 4 is 11.6 Å². The molecule has 21 heavy (non-hydrogen) atoms. The van der Waals surface area contributed by atoms with Gasteiger partial charge in [-0.1, -0.05) is 36.6 Å². The van der Waals surface area contributed by atoms with Gasteiger partial charge in [0, 0.05) is 16.6 Å². The Kier molecular flexibility index (Phi) is 6.09. The highest BCUT2D eigenvalue weighted by Gasteiger charge is 2.34. The van der Waals surface area contributed by atoms with Crippen molar-refractivity contribution in [2.24, 2.45) is 0 Å². The first kappa shape index (κ1) is 16.8. The van der Waals surface area contributed by atoms with Gasteiger partial charge in [0.2, 0.25) is 0 Å². The third-order valence-electron chi connectivity index (χ3n) is 4.95. The molecule has 0 amide bonds. The summed E-state index contributed by atoms with van der Waals surface area (Å²) in [4.78, 5) is 2.67. The molecule has 1 N–H and O–H groups in total. The van der Waals surface area contributed by atoms with Crippen molar-refractivity contribution in [3.05, 3.63) is 34.9 Å². The highest BCUT2D eigenvalue weighted by atomic mass is 35.5. The Bertz CT molecular complexity index is 437.